The van der Waals surface area contributed by atoms with E-state index in [-0.39, 0.29) is 17.2 Å². The molecule has 0 radical (unpaired) electrons. The van der Waals surface area contributed by atoms with Crippen LogP contribution in [-0.2, 0) is 9.59 Å². The molecule has 0 aromatic rings. The quantitative estimate of drug-likeness (QED) is 0.675. The molecule has 0 saturated carbocycles. The summed E-state index contributed by atoms with van der Waals surface area (Å²) in [5.74, 6) is -1.05. The van der Waals surface area contributed by atoms with Crippen molar-refractivity contribution in [3.8, 4) is 0 Å². The molecule has 1 amide bonds. The summed E-state index contributed by atoms with van der Waals surface area (Å²) in [7, 11) is 0. The van der Waals surface area contributed by atoms with Gasteiger partial charge in [-0.3, -0.25) is 9.59 Å². The summed E-state index contributed by atoms with van der Waals surface area (Å²) in [6.45, 7) is 9.22. The maximum Gasteiger partial charge on any atom is 0.288 e. The standard InChI is InChI=1S/C10H19NO2/c1-6-10(4,5)11-9(13)8(12)7(2)3/h7H,6H2,1-5H3,(H,11,13). The summed E-state index contributed by atoms with van der Waals surface area (Å²) in [6.07, 6.45) is 0.810. The van der Waals surface area contributed by atoms with Crippen LogP contribution in [0.3, 0.4) is 0 Å². The van der Waals surface area contributed by atoms with E-state index in [0.29, 0.717) is 0 Å². The molecule has 0 aromatic heterocycles. The Morgan fingerprint density at radius 2 is 1.77 bits per heavy atom. The Bertz CT molecular complexity index is 207. The van der Waals surface area contributed by atoms with Crippen molar-refractivity contribution in [1.82, 2.24) is 5.32 Å². The van der Waals surface area contributed by atoms with Gasteiger partial charge in [-0.1, -0.05) is 20.8 Å². The number of amides is 1. The van der Waals surface area contributed by atoms with Crippen LogP contribution < -0.4 is 5.32 Å². The molecule has 0 spiro atoms. The number of carbonyl (C=O) groups is 2. The first kappa shape index (κ1) is 12.1. The van der Waals surface area contributed by atoms with E-state index in [1.807, 2.05) is 20.8 Å². The van der Waals surface area contributed by atoms with Crippen LogP contribution in [0.4, 0.5) is 0 Å². The first-order valence-corrected chi connectivity index (χ1v) is 4.66. The SMILES string of the molecule is CCC(C)(C)NC(=O)C(=O)C(C)C. The fraction of sp³-hybridized carbons (Fsp3) is 0.800. The van der Waals surface area contributed by atoms with Gasteiger partial charge in [0.25, 0.3) is 5.91 Å². The predicted octanol–water partition coefficient (Wildman–Crippen LogP) is 1.52. The third-order valence-electron chi connectivity index (χ3n) is 2.08. The van der Waals surface area contributed by atoms with Crippen molar-refractivity contribution in [3.05, 3.63) is 0 Å². The minimum absolute atomic E-state index is 0.229. The molecule has 0 unspecified atom stereocenters. The van der Waals surface area contributed by atoms with Gasteiger partial charge in [-0.05, 0) is 20.3 Å². The second-order valence-corrected chi connectivity index (χ2v) is 4.21. The zero-order chi connectivity index (χ0) is 10.6. The number of hydrogen-bond donors (Lipinski definition) is 1. The molecule has 0 fully saturated rings. The molecule has 0 bridgehead atoms. The van der Waals surface area contributed by atoms with Gasteiger partial charge in [-0.15, -0.1) is 0 Å². The monoisotopic (exact) mass is 185 g/mol. The second kappa shape index (κ2) is 4.40. The molecule has 76 valence electrons. The fourth-order valence-electron chi connectivity index (χ4n) is 0.720. The zero-order valence-corrected chi connectivity index (χ0v) is 9.10. The average molecular weight is 185 g/mol. The molecule has 0 aliphatic rings. The van der Waals surface area contributed by atoms with Crippen LogP contribution >= 0.6 is 0 Å². The molecule has 0 saturated heterocycles. The van der Waals surface area contributed by atoms with Gasteiger partial charge in [0.15, 0.2) is 0 Å². The van der Waals surface area contributed by atoms with Crippen LogP contribution in [-0.4, -0.2) is 17.2 Å². The summed E-state index contributed by atoms with van der Waals surface area (Å²) in [4.78, 5) is 22.5. The van der Waals surface area contributed by atoms with Gasteiger partial charge < -0.3 is 5.32 Å². The lowest BCUT2D eigenvalue weighted by Gasteiger charge is -2.24. The predicted molar refractivity (Wildman–Crippen MR) is 52.4 cm³/mol. The number of nitrogens with one attached hydrogen (secondary N) is 1. The van der Waals surface area contributed by atoms with Crippen molar-refractivity contribution in [3.63, 3.8) is 0 Å². The van der Waals surface area contributed by atoms with Gasteiger partial charge in [0, 0.05) is 11.5 Å². The lowest BCUT2D eigenvalue weighted by atomic mass is 10.0. The molecule has 0 aromatic carbocycles. The van der Waals surface area contributed by atoms with Crippen LogP contribution in [0.15, 0.2) is 0 Å². The molecule has 0 aliphatic carbocycles. The summed E-state index contributed by atoms with van der Waals surface area (Å²) in [6, 6.07) is 0. The van der Waals surface area contributed by atoms with Crippen LogP contribution in [0.25, 0.3) is 0 Å². The highest BCUT2D eigenvalue weighted by molar-refractivity contribution is 6.36. The molecule has 0 atom stereocenters. The minimum atomic E-state index is -0.471. The van der Waals surface area contributed by atoms with Crippen LogP contribution in [0.1, 0.15) is 41.0 Å². The highest BCUT2D eigenvalue weighted by atomic mass is 16.2. The summed E-state index contributed by atoms with van der Waals surface area (Å²) in [5, 5.41) is 2.70. The van der Waals surface area contributed by atoms with E-state index in [1.165, 1.54) is 0 Å². The molecule has 0 heterocycles. The van der Waals surface area contributed by atoms with E-state index in [9.17, 15) is 9.59 Å². The Kier molecular flexibility index (Phi) is 4.11. The topological polar surface area (TPSA) is 46.2 Å². The Morgan fingerprint density at radius 1 is 1.31 bits per heavy atom. The van der Waals surface area contributed by atoms with Crippen molar-refractivity contribution in [2.45, 2.75) is 46.6 Å². The van der Waals surface area contributed by atoms with Gasteiger partial charge in [0.1, 0.15) is 0 Å². The number of carbonyl (C=O) groups excluding carboxylic acids is 2. The maximum atomic E-state index is 11.3. The molecule has 1 N–H and O–H groups in total. The van der Waals surface area contributed by atoms with Gasteiger partial charge in [0.05, 0.1) is 0 Å². The van der Waals surface area contributed by atoms with E-state index in [2.05, 4.69) is 5.32 Å². The summed E-state index contributed by atoms with van der Waals surface area (Å²) < 4.78 is 0. The molecule has 3 nitrogen and oxygen atoms in total. The van der Waals surface area contributed by atoms with E-state index in [1.54, 1.807) is 13.8 Å². The van der Waals surface area contributed by atoms with Crippen molar-refractivity contribution < 1.29 is 9.59 Å². The highest BCUT2D eigenvalue weighted by Crippen LogP contribution is 2.07. The number of Topliss-reactive ketones (excluding diaryl/α,β-unsaturated/α-hetero) is 1. The minimum Gasteiger partial charge on any atom is -0.345 e. The van der Waals surface area contributed by atoms with Gasteiger partial charge in [0.2, 0.25) is 5.78 Å². The Hall–Kier alpha value is -0.860. The average Bonchev–Trinajstić information content (AvgIpc) is 2.02. The van der Waals surface area contributed by atoms with Crippen molar-refractivity contribution in [2.24, 2.45) is 5.92 Å². The number of ketones is 1. The molecular formula is C10H19NO2. The van der Waals surface area contributed by atoms with E-state index in [0.717, 1.165) is 6.42 Å². The third kappa shape index (κ3) is 4.06. The lowest BCUT2D eigenvalue weighted by Crippen LogP contribution is -2.46. The number of hydrogen-bond acceptors (Lipinski definition) is 2. The van der Waals surface area contributed by atoms with Gasteiger partial charge in [-0.2, -0.15) is 0 Å². The molecule has 0 aliphatic heterocycles. The van der Waals surface area contributed by atoms with E-state index < -0.39 is 5.91 Å². The molecular weight excluding hydrogens is 166 g/mol. The summed E-state index contributed by atoms with van der Waals surface area (Å²) >= 11 is 0. The van der Waals surface area contributed by atoms with Crippen molar-refractivity contribution in [2.75, 3.05) is 0 Å². The van der Waals surface area contributed by atoms with Gasteiger partial charge >= 0.3 is 0 Å². The first-order chi connectivity index (χ1) is 5.80. The summed E-state index contributed by atoms with van der Waals surface area (Å²) in [5.41, 5.74) is -0.290. The van der Waals surface area contributed by atoms with E-state index >= 15 is 0 Å². The number of rotatable bonds is 4. The first-order valence-electron chi connectivity index (χ1n) is 4.66. The largest absolute Gasteiger partial charge is 0.345 e. The normalized spacial score (nSPS) is 11.5. The molecule has 3 heteroatoms. The molecule has 13 heavy (non-hydrogen) atoms. The zero-order valence-electron chi connectivity index (χ0n) is 9.10. The van der Waals surface area contributed by atoms with Crippen molar-refractivity contribution in [1.29, 1.82) is 0 Å². The second-order valence-electron chi connectivity index (χ2n) is 4.21. The smallest absolute Gasteiger partial charge is 0.288 e. The van der Waals surface area contributed by atoms with Crippen molar-refractivity contribution >= 4 is 11.7 Å². The molecule has 0 rings (SSSR count). The lowest BCUT2D eigenvalue weighted by molar-refractivity contribution is -0.140. The fourth-order valence-corrected chi connectivity index (χ4v) is 0.720. The van der Waals surface area contributed by atoms with Crippen LogP contribution in [0.2, 0.25) is 0 Å². The highest BCUT2D eigenvalue weighted by Gasteiger charge is 2.23. The Labute approximate surface area is 79.9 Å². The van der Waals surface area contributed by atoms with Gasteiger partial charge in [-0.25, -0.2) is 0 Å². The third-order valence-corrected chi connectivity index (χ3v) is 2.08. The Morgan fingerprint density at radius 3 is 2.08 bits per heavy atom. The van der Waals surface area contributed by atoms with Crippen LogP contribution in [0.5, 0.6) is 0 Å². The van der Waals surface area contributed by atoms with E-state index in [4.69, 9.17) is 0 Å². The Balaban J connectivity index is 4.24. The van der Waals surface area contributed by atoms with Crippen LogP contribution in [0, 0.1) is 5.92 Å². The maximum absolute atomic E-state index is 11.3.